The van der Waals surface area contributed by atoms with E-state index in [2.05, 4.69) is 17.1 Å². The predicted molar refractivity (Wildman–Crippen MR) is 103 cm³/mol. The molecule has 2 aromatic heterocycles. The molecule has 0 spiro atoms. The predicted octanol–water partition coefficient (Wildman–Crippen LogP) is 2.97. The fraction of sp³-hybridized carbons (Fsp3) is 0.0952. The molecule has 5 heteroatoms. The minimum absolute atomic E-state index is 0.335. The van der Waals surface area contributed by atoms with E-state index in [9.17, 15) is 9.59 Å². The monoisotopic (exact) mass is 343 g/mol. The number of hydrogen-bond donors (Lipinski definition) is 0. The van der Waals surface area contributed by atoms with E-state index in [0.717, 1.165) is 26.8 Å². The maximum atomic E-state index is 12.7. The molecular weight excluding hydrogens is 326 g/mol. The Morgan fingerprint density at radius 2 is 1.35 bits per heavy atom. The van der Waals surface area contributed by atoms with E-state index in [1.165, 1.54) is 11.6 Å². The molecule has 0 unspecified atom stereocenters. The average Bonchev–Trinajstić information content (AvgIpc) is 2.71. The van der Waals surface area contributed by atoms with Crippen molar-refractivity contribution in [1.82, 2.24) is 14.1 Å². The van der Waals surface area contributed by atoms with E-state index in [0.29, 0.717) is 11.0 Å². The van der Waals surface area contributed by atoms with Gasteiger partial charge in [-0.05, 0) is 28.3 Å². The smallest absolute Gasteiger partial charge is 0.280 e. The van der Waals surface area contributed by atoms with Gasteiger partial charge in [-0.3, -0.25) is 13.9 Å². The minimum Gasteiger partial charge on any atom is -0.280 e. The van der Waals surface area contributed by atoms with Crippen molar-refractivity contribution in [2.75, 3.05) is 0 Å². The Morgan fingerprint density at radius 3 is 2.04 bits per heavy atom. The van der Waals surface area contributed by atoms with Crippen molar-refractivity contribution in [3.05, 3.63) is 87.7 Å². The Bertz CT molecular complexity index is 1220. The molecule has 0 saturated heterocycles. The molecule has 0 aliphatic carbocycles. The summed E-state index contributed by atoms with van der Waals surface area (Å²) in [4.78, 5) is 29.1. The molecule has 2 heterocycles. The molecule has 2 aromatic carbocycles. The summed E-state index contributed by atoms with van der Waals surface area (Å²) in [5.41, 5.74) is 3.59. The molecule has 0 aliphatic rings. The molecule has 26 heavy (non-hydrogen) atoms. The van der Waals surface area contributed by atoms with Gasteiger partial charge in [-0.15, -0.1) is 0 Å². The fourth-order valence-corrected chi connectivity index (χ4v) is 3.20. The molecule has 0 radical (unpaired) electrons. The topological polar surface area (TPSA) is 56.9 Å². The number of aromatic nitrogens is 3. The second kappa shape index (κ2) is 6.11. The maximum Gasteiger partial charge on any atom is 0.332 e. The van der Waals surface area contributed by atoms with E-state index in [1.54, 1.807) is 13.2 Å². The fourth-order valence-electron chi connectivity index (χ4n) is 3.20. The van der Waals surface area contributed by atoms with Crippen LogP contribution in [-0.2, 0) is 14.1 Å². The summed E-state index contributed by atoms with van der Waals surface area (Å²) < 4.78 is 2.52. The highest BCUT2D eigenvalue weighted by molar-refractivity contribution is 5.92. The minimum atomic E-state index is -0.383. The quantitative estimate of drug-likeness (QED) is 0.562. The van der Waals surface area contributed by atoms with E-state index in [-0.39, 0.29) is 11.2 Å². The lowest BCUT2D eigenvalue weighted by Crippen LogP contribution is -2.37. The van der Waals surface area contributed by atoms with Crippen molar-refractivity contribution in [3.63, 3.8) is 0 Å². The number of pyridine rings is 1. The van der Waals surface area contributed by atoms with E-state index < -0.39 is 0 Å². The van der Waals surface area contributed by atoms with E-state index in [1.807, 2.05) is 48.5 Å². The molecule has 4 rings (SSSR count). The molecule has 0 aliphatic heterocycles. The Kier molecular flexibility index (Phi) is 3.77. The van der Waals surface area contributed by atoms with Crippen LogP contribution in [0.1, 0.15) is 0 Å². The standard InChI is InChI=1S/C21H17N3O2/c1-23-19-18(20(25)24(2)21(23)26)17(12-13-22-19)16-10-8-15(9-11-16)14-6-4-3-5-7-14/h3-13H,1-2H3. The molecule has 0 saturated carbocycles. The molecular formula is C21H17N3O2. The average molecular weight is 343 g/mol. The first kappa shape index (κ1) is 16.0. The molecule has 0 N–H and O–H groups in total. The largest absolute Gasteiger partial charge is 0.332 e. The van der Waals surface area contributed by atoms with Gasteiger partial charge in [0.2, 0.25) is 0 Å². The number of nitrogens with zero attached hydrogens (tertiary/aromatic N) is 3. The van der Waals surface area contributed by atoms with Crippen LogP contribution in [0.5, 0.6) is 0 Å². The van der Waals surface area contributed by atoms with Gasteiger partial charge >= 0.3 is 5.69 Å². The highest BCUT2D eigenvalue weighted by atomic mass is 16.2. The van der Waals surface area contributed by atoms with Crippen molar-refractivity contribution in [2.24, 2.45) is 14.1 Å². The SMILES string of the molecule is Cn1c(=O)c2c(-c3ccc(-c4ccccc4)cc3)ccnc2n(C)c1=O. The number of rotatable bonds is 2. The zero-order valence-electron chi connectivity index (χ0n) is 14.5. The van der Waals surface area contributed by atoms with E-state index >= 15 is 0 Å². The van der Waals surface area contributed by atoms with Crippen molar-refractivity contribution >= 4 is 11.0 Å². The number of aryl methyl sites for hydroxylation is 1. The van der Waals surface area contributed by atoms with Gasteiger partial charge in [-0.1, -0.05) is 54.6 Å². The van der Waals surface area contributed by atoms with Crippen LogP contribution in [0.25, 0.3) is 33.3 Å². The van der Waals surface area contributed by atoms with Crippen LogP contribution < -0.4 is 11.2 Å². The Morgan fingerprint density at radius 1 is 0.731 bits per heavy atom. The van der Waals surface area contributed by atoms with Gasteiger partial charge in [0.1, 0.15) is 5.65 Å². The second-order valence-electron chi connectivity index (χ2n) is 6.21. The molecule has 4 aromatic rings. The Labute approximate surface area is 149 Å². The molecule has 0 atom stereocenters. The summed E-state index contributed by atoms with van der Waals surface area (Å²) in [5, 5.41) is 0.449. The summed E-state index contributed by atoms with van der Waals surface area (Å²) in [6.45, 7) is 0. The van der Waals surface area contributed by atoms with Crippen LogP contribution in [0.2, 0.25) is 0 Å². The third-order valence-electron chi connectivity index (χ3n) is 4.64. The third kappa shape index (κ3) is 2.45. The van der Waals surface area contributed by atoms with Gasteiger partial charge in [0, 0.05) is 20.3 Å². The van der Waals surface area contributed by atoms with Crippen LogP contribution in [0.15, 0.2) is 76.4 Å². The lowest BCUT2D eigenvalue weighted by molar-refractivity contribution is 0.708. The molecule has 5 nitrogen and oxygen atoms in total. The maximum absolute atomic E-state index is 12.7. The van der Waals surface area contributed by atoms with Crippen LogP contribution in [0, 0.1) is 0 Å². The zero-order valence-corrected chi connectivity index (χ0v) is 14.5. The van der Waals surface area contributed by atoms with Crippen LogP contribution in [-0.4, -0.2) is 14.1 Å². The van der Waals surface area contributed by atoms with Gasteiger partial charge in [0.25, 0.3) is 5.56 Å². The summed E-state index contributed by atoms with van der Waals surface area (Å²) in [6.07, 6.45) is 1.63. The number of fused-ring (bicyclic) bond motifs is 1. The first-order valence-electron chi connectivity index (χ1n) is 8.28. The first-order chi connectivity index (χ1) is 12.6. The zero-order chi connectivity index (χ0) is 18.3. The summed E-state index contributed by atoms with van der Waals surface area (Å²) >= 11 is 0. The second-order valence-corrected chi connectivity index (χ2v) is 6.21. The highest BCUT2D eigenvalue weighted by Crippen LogP contribution is 2.27. The Balaban J connectivity index is 1.93. The molecule has 0 fully saturated rings. The number of benzene rings is 2. The molecule has 128 valence electrons. The van der Waals surface area contributed by atoms with Gasteiger partial charge in [-0.25, -0.2) is 9.78 Å². The van der Waals surface area contributed by atoms with Gasteiger partial charge in [0.15, 0.2) is 0 Å². The Hall–Kier alpha value is -3.47. The third-order valence-corrected chi connectivity index (χ3v) is 4.64. The number of hydrogen-bond acceptors (Lipinski definition) is 3. The summed E-state index contributed by atoms with van der Waals surface area (Å²) in [7, 11) is 3.11. The van der Waals surface area contributed by atoms with Gasteiger partial charge in [-0.2, -0.15) is 0 Å². The molecule has 0 amide bonds. The lowest BCUT2D eigenvalue weighted by atomic mass is 9.99. The first-order valence-corrected chi connectivity index (χ1v) is 8.28. The van der Waals surface area contributed by atoms with Crippen molar-refractivity contribution in [3.8, 4) is 22.3 Å². The van der Waals surface area contributed by atoms with Crippen LogP contribution >= 0.6 is 0 Å². The van der Waals surface area contributed by atoms with Crippen molar-refractivity contribution in [2.45, 2.75) is 0 Å². The van der Waals surface area contributed by atoms with Gasteiger partial charge in [0.05, 0.1) is 5.39 Å². The summed E-state index contributed by atoms with van der Waals surface area (Å²) in [5.74, 6) is 0. The van der Waals surface area contributed by atoms with Crippen LogP contribution in [0.3, 0.4) is 0 Å². The van der Waals surface area contributed by atoms with E-state index in [4.69, 9.17) is 0 Å². The summed E-state index contributed by atoms with van der Waals surface area (Å²) in [6, 6.07) is 20.0. The van der Waals surface area contributed by atoms with Crippen molar-refractivity contribution < 1.29 is 0 Å². The van der Waals surface area contributed by atoms with Crippen LogP contribution in [0.4, 0.5) is 0 Å². The highest BCUT2D eigenvalue weighted by Gasteiger charge is 2.14. The van der Waals surface area contributed by atoms with Gasteiger partial charge < -0.3 is 0 Å². The van der Waals surface area contributed by atoms with Crippen molar-refractivity contribution in [1.29, 1.82) is 0 Å². The molecule has 0 bridgehead atoms. The normalized spacial score (nSPS) is 11.0. The lowest BCUT2D eigenvalue weighted by Gasteiger charge is -2.11.